The molecule has 0 aromatic carbocycles. The molecule has 1 atom stereocenters. The maximum atomic E-state index is 11.6. The predicted molar refractivity (Wildman–Crippen MR) is 50.6 cm³/mol. The van der Waals surface area contributed by atoms with E-state index in [-0.39, 0.29) is 17.9 Å². The zero-order valence-corrected chi connectivity index (χ0v) is 8.35. The van der Waals surface area contributed by atoms with Gasteiger partial charge in [0.25, 0.3) is 0 Å². The van der Waals surface area contributed by atoms with E-state index in [2.05, 4.69) is 15.5 Å². The second-order valence-corrected chi connectivity index (χ2v) is 4.39. The lowest BCUT2D eigenvalue weighted by atomic mass is 10.1. The number of rotatable bonds is 4. The summed E-state index contributed by atoms with van der Waals surface area (Å²) in [4.78, 5) is 15.7. The van der Waals surface area contributed by atoms with E-state index in [4.69, 9.17) is 4.52 Å². The number of amides is 1. The van der Waals surface area contributed by atoms with Crippen molar-refractivity contribution in [2.24, 2.45) is 11.8 Å². The number of aromatic nitrogens is 2. The molecule has 1 N–H and O–H groups in total. The zero-order valence-electron chi connectivity index (χ0n) is 8.35. The van der Waals surface area contributed by atoms with Crippen LogP contribution < -0.4 is 5.32 Å². The van der Waals surface area contributed by atoms with E-state index in [1.54, 1.807) is 0 Å². The van der Waals surface area contributed by atoms with Crippen molar-refractivity contribution in [3.63, 3.8) is 0 Å². The Morgan fingerprint density at radius 1 is 1.47 bits per heavy atom. The summed E-state index contributed by atoms with van der Waals surface area (Å²) >= 11 is 0. The lowest BCUT2D eigenvalue weighted by molar-refractivity contribution is -0.123. The average molecular weight is 207 g/mol. The Labute approximate surface area is 87.2 Å². The minimum atomic E-state index is -0.0307. The van der Waals surface area contributed by atoms with Crippen LogP contribution >= 0.6 is 0 Å². The summed E-state index contributed by atoms with van der Waals surface area (Å²) in [6, 6.07) is -0.0307. The van der Waals surface area contributed by atoms with Crippen LogP contribution in [0, 0.1) is 11.8 Å². The van der Waals surface area contributed by atoms with Gasteiger partial charge < -0.3 is 9.84 Å². The summed E-state index contributed by atoms with van der Waals surface area (Å²) in [6.07, 6.45) is 5.65. The van der Waals surface area contributed by atoms with Gasteiger partial charge in [-0.2, -0.15) is 4.98 Å². The van der Waals surface area contributed by atoms with E-state index in [0.717, 1.165) is 25.7 Å². The van der Waals surface area contributed by atoms with Crippen molar-refractivity contribution in [1.82, 2.24) is 15.5 Å². The van der Waals surface area contributed by atoms with Gasteiger partial charge in [0.2, 0.25) is 12.3 Å². The number of carbonyl (C=O) groups excluding carboxylic acids is 1. The summed E-state index contributed by atoms with van der Waals surface area (Å²) in [5, 5.41) is 6.83. The highest BCUT2D eigenvalue weighted by Gasteiger charge is 2.39. The quantitative estimate of drug-likeness (QED) is 0.801. The Morgan fingerprint density at radius 3 is 2.80 bits per heavy atom. The third kappa shape index (κ3) is 1.86. The van der Waals surface area contributed by atoms with Gasteiger partial charge in [0.15, 0.2) is 5.82 Å². The maximum Gasteiger partial charge on any atom is 0.223 e. The first kappa shape index (κ1) is 8.88. The van der Waals surface area contributed by atoms with Gasteiger partial charge in [0.05, 0.1) is 6.04 Å². The molecule has 2 saturated carbocycles. The molecule has 0 spiro atoms. The molecule has 0 radical (unpaired) electrons. The fourth-order valence-corrected chi connectivity index (χ4v) is 1.76. The highest BCUT2D eigenvalue weighted by molar-refractivity contribution is 5.81. The molecule has 5 nitrogen and oxygen atoms in total. The predicted octanol–water partition coefficient (Wildman–Crippen LogP) is 1.05. The van der Waals surface area contributed by atoms with Crippen LogP contribution in [0.15, 0.2) is 10.9 Å². The van der Waals surface area contributed by atoms with E-state index in [9.17, 15) is 4.79 Å². The summed E-state index contributed by atoms with van der Waals surface area (Å²) in [6.45, 7) is 0. The third-order valence-corrected chi connectivity index (χ3v) is 3.00. The first-order valence-electron chi connectivity index (χ1n) is 5.41. The topological polar surface area (TPSA) is 68.0 Å². The van der Waals surface area contributed by atoms with Gasteiger partial charge in [-0.1, -0.05) is 5.16 Å². The molecule has 1 heterocycles. The summed E-state index contributed by atoms with van der Waals surface area (Å²) in [5.41, 5.74) is 0. The molecular formula is C10H13N3O2. The third-order valence-electron chi connectivity index (χ3n) is 3.00. The van der Waals surface area contributed by atoms with Crippen LogP contribution in [-0.4, -0.2) is 16.0 Å². The molecule has 80 valence electrons. The van der Waals surface area contributed by atoms with Crippen LogP contribution in [0.3, 0.4) is 0 Å². The summed E-state index contributed by atoms with van der Waals surface area (Å²) in [5.74, 6) is 1.51. The van der Waals surface area contributed by atoms with Crippen LogP contribution in [0.1, 0.15) is 37.5 Å². The zero-order chi connectivity index (χ0) is 10.3. The van der Waals surface area contributed by atoms with Crippen LogP contribution in [-0.2, 0) is 4.79 Å². The van der Waals surface area contributed by atoms with Crippen molar-refractivity contribution in [3.05, 3.63) is 12.2 Å². The number of hydrogen-bond acceptors (Lipinski definition) is 4. The molecule has 2 fully saturated rings. The molecule has 1 aromatic heterocycles. The molecule has 0 bridgehead atoms. The van der Waals surface area contributed by atoms with E-state index in [1.807, 2.05) is 0 Å². The van der Waals surface area contributed by atoms with Gasteiger partial charge in [-0.3, -0.25) is 4.79 Å². The number of hydrogen-bond donors (Lipinski definition) is 1. The van der Waals surface area contributed by atoms with Crippen LogP contribution in [0.4, 0.5) is 0 Å². The standard InChI is InChI=1S/C10H13N3O2/c14-10(7-3-4-7)12-8(6-1-2-6)9-11-5-15-13-9/h5-8H,1-4H2,(H,12,14). The Bertz CT molecular complexity index is 355. The minimum absolute atomic E-state index is 0.0307. The lowest BCUT2D eigenvalue weighted by Gasteiger charge is -2.13. The van der Waals surface area contributed by atoms with E-state index in [0.29, 0.717) is 11.7 Å². The number of nitrogens with zero attached hydrogens (tertiary/aromatic N) is 2. The normalized spacial score (nSPS) is 22.4. The molecule has 2 aliphatic rings. The van der Waals surface area contributed by atoms with E-state index < -0.39 is 0 Å². The Balaban J connectivity index is 1.70. The van der Waals surface area contributed by atoms with Gasteiger partial charge in [0, 0.05) is 5.92 Å². The largest absolute Gasteiger partial charge is 0.345 e. The molecular weight excluding hydrogens is 194 g/mol. The highest BCUT2D eigenvalue weighted by atomic mass is 16.5. The van der Waals surface area contributed by atoms with Crippen molar-refractivity contribution in [2.75, 3.05) is 0 Å². The fraction of sp³-hybridized carbons (Fsp3) is 0.700. The Morgan fingerprint density at radius 2 is 2.27 bits per heavy atom. The molecule has 1 unspecified atom stereocenters. The van der Waals surface area contributed by atoms with Gasteiger partial charge in [-0.25, -0.2) is 0 Å². The van der Waals surface area contributed by atoms with Gasteiger partial charge in [-0.05, 0) is 31.6 Å². The molecule has 5 heteroatoms. The number of nitrogens with one attached hydrogen (secondary N) is 1. The van der Waals surface area contributed by atoms with Crippen molar-refractivity contribution in [2.45, 2.75) is 31.7 Å². The molecule has 2 aliphatic carbocycles. The average Bonchev–Trinajstić information content (AvgIpc) is 3.12. The Hall–Kier alpha value is -1.39. The molecule has 1 amide bonds. The van der Waals surface area contributed by atoms with E-state index in [1.165, 1.54) is 6.39 Å². The molecule has 0 saturated heterocycles. The number of carbonyl (C=O) groups is 1. The molecule has 3 rings (SSSR count). The van der Waals surface area contributed by atoms with Crippen LogP contribution in [0.2, 0.25) is 0 Å². The summed E-state index contributed by atoms with van der Waals surface area (Å²) in [7, 11) is 0. The van der Waals surface area contributed by atoms with E-state index >= 15 is 0 Å². The van der Waals surface area contributed by atoms with Gasteiger partial charge in [-0.15, -0.1) is 0 Å². The van der Waals surface area contributed by atoms with Crippen molar-refractivity contribution >= 4 is 5.91 Å². The second kappa shape index (κ2) is 3.32. The molecule has 1 aromatic rings. The van der Waals surface area contributed by atoms with Gasteiger partial charge in [0.1, 0.15) is 0 Å². The van der Waals surface area contributed by atoms with Crippen molar-refractivity contribution in [3.8, 4) is 0 Å². The highest BCUT2D eigenvalue weighted by Crippen LogP contribution is 2.40. The van der Waals surface area contributed by atoms with Crippen LogP contribution in [0.25, 0.3) is 0 Å². The van der Waals surface area contributed by atoms with Crippen LogP contribution in [0.5, 0.6) is 0 Å². The first-order valence-corrected chi connectivity index (χ1v) is 5.41. The van der Waals surface area contributed by atoms with Crippen molar-refractivity contribution in [1.29, 1.82) is 0 Å². The molecule has 15 heavy (non-hydrogen) atoms. The molecule has 0 aliphatic heterocycles. The minimum Gasteiger partial charge on any atom is -0.345 e. The summed E-state index contributed by atoms with van der Waals surface area (Å²) < 4.78 is 4.72. The fourth-order valence-electron chi connectivity index (χ4n) is 1.76. The SMILES string of the molecule is O=C(NC(c1ncon1)C1CC1)C1CC1. The lowest BCUT2D eigenvalue weighted by Crippen LogP contribution is -2.31. The smallest absolute Gasteiger partial charge is 0.223 e. The maximum absolute atomic E-state index is 11.6. The van der Waals surface area contributed by atoms with Crippen molar-refractivity contribution < 1.29 is 9.32 Å². The Kier molecular flexibility index (Phi) is 1.97. The van der Waals surface area contributed by atoms with Gasteiger partial charge >= 0.3 is 0 Å². The second-order valence-electron chi connectivity index (χ2n) is 4.39. The monoisotopic (exact) mass is 207 g/mol. The first-order chi connectivity index (χ1) is 7.34.